The summed E-state index contributed by atoms with van der Waals surface area (Å²) in [5.41, 5.74) is 4.90. The SMILES string of the molecule is CC(=O)SCC(O)C(O)c1cccc(N)c1[N+](=O)[O-]. The molecule has 0 aromatic heterocycles. The molecule has 1 rings (SSSR count). The summed E-state index contributed by atoms with van der Waals surface area (Å²) in [6.45, 7) is 1.33. The molecule has 1 aromatic carbocycles. The van der Waals surface area contributed by atoms with E-state index in [1.54, 1.807) is 0 Å². The molecule has 0 heterocycles. The lowest BCUT2D eigenvalue weighted by atomic mass is 10.0. The standard InChI is InChI=1S/C11H14N2O5S/c1-6(14)19-5-9(15)11(16)7-3-2-4-8(12)10(7)13(17)18/h2-4,9,11,15-16H,5,12H2,1H3. The summed E-state index contributed by atoms with van der Waals surface area (Å²) in [7, 11) is 0. The van der Waals surface area contributed by atoms with E-state index in [0.29, 0.717) is 0 Å². The second-order valence-electron chi connectivity index (χ2n) is 3.86. The third-order valence-electron chi connectivity index (χ3n) is 2.42. The van der Waals surface area contributed by atoms with Crippen LogP contribution in [0, 0.1) is 10.1 Å². The van der Waals surface area contributed by atoms with Crippen LogP contribution in [-0.4, -0.2) is 32.1 Å². The Morgan fingerprint density at radius 2 is 2.16 bits per heavy atom. The summed E-state index contributed by atoms with van der Waals surface area (Å²) in [5.74, 6) is -0.0531. The number of nitro benzene ring substituents is 1. The van der Waals surface area contributed by atoms with Gasteiger partial charge in [0, 0.05) is 12.7 Å². The molecule has 2 unspecified atom stereocenters. The van der Waals surface area contributed by atoms with Gasteiger partial charge in [0.05, 0.1) is 16.6 Å². The van der Waals surface area contributed by atoms with Crippen LogP contribution in [0.3, 0.4) is 0 Å². The van der Waals surface area contributed by atoms with Gasteiger partial charge in [0.25, 0.3) is 5.69 Å². The van der Waals surface area contributed by atoms with Crippen LogP contribution in [0.25, 0.3) is 0 Å². The summed E-state index contributed by atoms with van der Waals surface area (Å²) in [6.07, 6.45) is -2.77. The van der Waals surface area contributed by atoms with E-state index >= 15 is 0 Å². The number of carbonyl (C=O) groups is 1. The van der Waals surface area contributed by atoms with E-state index in [9.17, 15) is 25.1 Å². The van der Waals surface area contributed by atoms with Gasteiger partial charge in [-0.1, -0.05) is 17.8 Å². The van der Waals surface area contributed by atoms with E-state index in [1.165, 1.54) is 25.1 Å². The number of para-hydroxylation sites is 1. The van der Waals surface area contributed by atoms with Gasteiger partial charge in [-0.15, -0.1) is 0 Å². The number of benzene rings is 1. The maximum absolute atomic E-state index is 10.9. The molecule has 0 aliphatic rings. The first-order chi connectivity index (χ1) is 8.84. The first-order valence-electron chi connectivity index (χ1n) is 5.37. The zero-order chi connectivity index (χ0) is 14.6. The molecular formula is C11H14N2O5S. The lowest BCUT2D eigenvalue weighted by Crippen LogP contribution is -2.22. The van der Waals surface area contributed by atoms with E-state index in [-0.39, 0.29) is 22.1 Å². The molecule has 0 spiro atoms. The lowest BCUT2D eigenvalue weighted by Gasteiger charge is -2.17. The highest BCUT2D eigenvalue weighted by Crippen LogP contribution is 2.32. The normalized spacial score (nSPS) is 13.8. The number of rotatable bonds is 5. The minimum Gasteiger partial charge on any atom is -0.393 e. The van der Waals surface area contributed by atoms with Gasteiger partial charge in [0.15, 0.2) is 5.12 Å². The fraction of sp³-hybridized carbons (Fsp3) is 0.364. The van der Waals surface area contributed by atoms with Gasteiger partial charge < -0.3 is 15.9 Å². The lowest BCUT2D eigenvalue weighted by molar-refractivity contribution is -0.385. The maximum atomic E-state index is 10.9. The molecule has 19 heavy (non-hydrogen) atoms. The summed E-state index contributed by atoms with van der Waals surface area (Å²) in [5, 5.41) is 30.3. The molecule has 0 aliphatic heterocycles. The zero-order valence-electron chi connectivity index (χ0n) is 10.1. The van der Waals surface area contributed by atoms with E-state index < -0.39 is 22.8 Å². The van der Waals surface area contributed by atoms with Crippen molar-refractivity contribution in [2.75, 3.05) is 11.5 Å². The topological polar surface area (TPSA) is 127 Å². The van der Waals surface area contributed by atoms with Crippen molar-refractivity contribution in [1.29, 1.82) is 0 Å². The van der Waals surface area contributed by atoms with Crippen LogP contribution < -0.4 is 5.73 Å². The minimum atomic E-state index is -1.48. The summed E-state index contributed by atoms with van der Waals surface area (Å²) < 4.78 is 0. The molecule has 0 bridgehead atoms. The van der Waals surface area contributed by atoms with E-state index in [2.05, 4.69) is 0 Å². The largest absolute Gasteiger partial charge is 0.393 e. The highest BCUT2D eigenvalue weighted by Gasteiger charge is 2.28. The van der Waals surface area contributed by atoms with E-state index in [4.69, 9.17) is 5.73 Å². The predicted molar refractivity (Wildman–Crippen MR) is 71.6 cm³/mol. The van der Waals surface area contributed by atoms with E-state index in [1.807, 2.05) is 0 Å². The third-order valence-corrected chi connectivity index (χ3v) is 3.34. The second-order valence-corrected chi connectivity index (χ2v) is 5.05. The monoisotopic (exact) mass is 286 g/mol. The van der Waals surface area contributed by atoms with Crippen molar-refractivity contribution >= 4 is 28.3 Å². The number of anilines is 1. The smallest absolute Gasteiger partial charge is 0.297 e. The maximum Gasteiger partial charge on any atom is 0.297 e. The average Bonchev–Trinajstić information content (AvgIpc) is 2.34. The van der Waals surface area contributed by atoms with Crippen LogP contribution in [0.5, 0.6) is 0 Å². The predicted octanol–water partition coefficient (Wildman–Crippen LogP) is 0.851. The Morgan fingerprint density at radius 1 is 1.53 bits per heavy atom. The van der Waals surface area contributed by atoms with Gasteiger partial charge >= 0.3 is 0 Å². The number of carbonyl (C=O) groups excluding carboxylic acids is 1. The minimum absolute atomic E-state index is 0.0531. The average molecular weight is 286 g/mol. The highest BCUT2D eigenvalue weighted by molar-refractivity contribution is 8.13. The van der Waals surface area contributed by atoms with Crippen molar-refractivity contribution < 1.29 is 19.9 Å². The quantitative estimate of drug-likeness (QED) is 0.416. The molecule has 0 fully saturated rings. The van der Waals surface area contributed by atoms with Crippen LogP contribution in [0.1, 0.15) is 18.6 Å². The van der Waals surface area contributed by atoms with Crippen molar-refractivity contribution in [2.24, 2.45) is 0 Å². The molecule has 104 valence electrons. The molecule has 0 saturated heterocycles. The van der Waals surface area contributed by atoms with Gasteiger partial charge in [-0.2, -0.15) is 0 Å². The van der Waals surface area contributed by atoms with Crippen LogP contribution in [0.4, 0.5) is 11.4 Å². The fourth-order valence-corrected chi connectivity index (χ4v) is 2.12. The molecule has 8 heteroatoms. The molecule has 0 amide bonds. The Morgan fingerprint density at radius 3 is 2.68 bits per heavy atom. The second kappa shape index (κ2) is 6.50. The van der Waals surface area contributed by atoms with Crippen molar-refractivity contribution in [3.8, 4) is 0 Å². The molecule has 2 atom stereocenters. The highest BCUT2D eigenvalue weighted by atomic mass is 32.2. The number of nitro groups is 1. The Labute approximate surface area is 113 Å². The number of thioether (sulfide) groups is 1. The first-order valence-corrected chi connectivity index (χ1v) is 6.35. The van der Waals surface area contributed by atoms with Gasteiger partial charge in [-0.25, -0.2) is 0 Å². The van der Waals surface area contributed by atoms with Crippen LogP contribution in [0.2, 0.25) is 0 Å². The first kappa shape index (κ1) is 15.4. The number of nitrogen functional groups attached to an aromatic ring is 1. The van der Waals surface area contributed by atoms with E-state index in [0.717, 1.165) is 11.8 Å². The number of aliphatic hydroxyl groups excluding tert-OH is 2. The number of aliphatic hydroxyl groups is 2. The summed E-state index contributed by atoms with van der Waals surface area (Å²) in [4.78, 5) is 21.0. The van der Waals surface area contributed by atoms with Gasteiger partial charge in [0.2, 0.25) is 0 Å². The molecule has 0 radical (unpaired) electrons. The molecule has 0 aliphatic carbocycles. The molecule has 4 N–H and O–H groups in total. The van der Waals surface area contributed by atoms with Gasteiger partial charge in [0.1, 0.15) is 11.8 Å². The molecule has 7 nitrogen and oxygen atoms in total. The molecule has 0 saturated carbocycles. The van der Waals surface area contributed by atoms with Crippen molar-refractivity contribution in [3.05, 3.63) is 33.9 Å². The van der Waals surface area contributed by atoms with Crippen LogP contribution in [0.15, 0.2) is 18.2 Å². The summed E-state index contributed by atoms with van der Waals surface area (Å²) >= 11 is 0.831. The third kappa shape index (κ3) is 3.91. The Balaban J connectivity index is 2.99. The Kier molecular flexibility index (Phi) is 5.28. The zero-order valence-corrected chi connectivity index (χ0v) is 11.0. The number of nitrogens with two attached hydrogens (primary N) is 1. The number of hydrogen-bond acceptors (Lipinski definition) is 7. The van der Waals surface area contributed by atoms with Crippen molar-refractivity contribution in [2.45, 2.75) is 19.1 Å². The van der Waals surface area contributed by atoms with Crippen LogP contribution in [-0.2, 0) is 4.79 Å². The Bertz CT molecular complexity index is 494. The summed E-state index contributed by atoms with van der Waals surface area (Å²) in [6, 6.07) is 4.11. The van der Waals surface area contributed by atoms with Crippen molar-refractivity contribution in [3.63, 3.8) is 0 Å². The number of hydrogen-bond donors (Lipinski definition) is 3. The Hall–Kier alpha value is -1.64. The fourth-order valence-electron chi connectivity index (χ4n) is 1.53. The van der Waals surface area contributed by atoms with Gasteiger partial charge in [-0.05, 0) is 12.1 Å². The van der Waals surface area contributed by atoms with Crippen LogP contribution >= 0.6 is 11.8 Å². The number of nitrogens with zero attached hydrogens (tertiary/aromatic N) is 1. The van der Waals surface area contributed by atoms with Crippen molar-refractivity contribution in [1.82, 2.24) is 0 Å². The molecule has 1 aromatic rings. The van der Waals surface area contributed by atoms with Gasteiger partial charge in [-0.3, -0.25) is 14.9 Å². The molecular weight excluding hydrogens is 272 g/mol.